The second-order valence-electron chi connectivity index (χ2n) is 6.71. The van der Waals surface area contributed by atoms with E-state index in [0.717, 1.165) is 17.4 Å². The van der Waals surface area contributed by atoms with E-state index < -0.39 is 0 Å². The molecule has 0 aliphatic heterocycles. The van der Waals surface area contributed by atoms with Crippen molar-refractivity contribution < 1.29 is 14.1 Å². The van der Waals surface area contributed by atoms with Gasteiger partial charge in [0.2, 0.25) is 11.6 Å². The molecular formula is C17H20N3O2+. The number of rotatable bonds is 4. The number of nitrogens with zero attached hydrogens (tertiary/aromatic N) is 3. The molecule has 5 heteroatoms. The molecule has 3 rings (SSSR count). The highest BCUT2D eigenvalue weighted by molar-refractivity contribution is 6.27. The summed E-state index contributed by atoms with van der Waals surface area (Å²) in [6.07, 6.45) is 2.54. The third-order valence-corrected chi connectivity index (χ3v) is 3.91. The van der Waals surface area contributed by atoms with Crippen LogP contribution in [0.15, 0.2) is 30.6 Å². The summed E-state index contributed by atoms with van der Waals surface area (Å²) in [5.41, 5.74) is 1.66. The van der Waals surface area contributed by atoms with Gasteiger partial charge in [-0.1, -0.05) is 24.3 Å². The Bertz CT molecular complexity index is 754. The molecule has 0 saturated carbocycles. The summed E-state index contributed by atoms with van der Waals surface area (Å²) in [7, 11) is 6.40. The molecule has 0 unspecified atom stereocenters. The summed E-state index contributed by atoms with van der Waals surface area (Å²) in [6.45, 7) is 1.69. The zero-order valence-electron chi connectivity index (χ0n) is 13.2. The van der Waals surface area contributed by atoms with Crippen LogP contribution in [0.4, 0.5) is 0 Å². The Morgan fingerprint density at radius 3 is 2.32 bits per heavy atom. The fourth-order valence-corrected chi connectivity index (χ4v) is 2.81. The highest BCUT2D eigenvalue weighted by Crippen LogP contribution is 2.26. The molecule has 0 bridgehead atoms. The molecule has 2 aromatic rings. The van der Waals surface area contributed by atoms with E-state index in [4.69, 9.17) is 0 Å². The minimum absolute atomic E-state index is 0.104. The molecule has 1 aromatic carbocycles. The van der Waals surface area contributed by atoms with E-state index in [1.807, 2.05) is 4.57 Å². The van der Waals surface area contributed by atoms with Gasteiger partial charge >= 0.3 is 0 Å². The van der Waals surface area contributed by atoms with Gasteiger partial charge in [0, 0.05) is 24.1 Å². The average molecular weight is 298 g/mol. The normalized spacial score (nSPS) is 14.0. The van der Waals surface area contributed by atoms with Gasteiger partial charge in [-0.25, -0.2) is 4.98 Å². The number of aromatic nitrogens is 2. The molecule has 5 nitrogen and oxygen atoms in total. The molecule has 0 atom stereocenters. The quantitative estimate of drug-likeness (QED) is 0.690. The maximum absolute atomic E-state index is 12.7. The third kappa shape index (κ3) is 2.48. The fraction of sp³-hybridized carbons (Fsp3) is 0.353. The topological polar surface area (TPSA) is 52.0 Å². The maximum Gasteiger partial charge on any atom is 0.214 e. The van der Waals surface area contributed by atoms with Crippen LogP contribution in [-0.2, 0) is 6.54 Å². The first-order valence-corrected chi connectivity index (χ1v) is 7.42. The van der Waals surface area contributed by atoms with Crippen LogP contribution in [-0.4, -0.2) is 53.3 Å². The van der Waals surface area contributed by atoms with Gasteiger partial charge in [-0.05, 0) is 0 Å². The predicted molar refractivity (Wildman–Crippen MR) is 83.1 cm³/mol. The van der Waals surface area contributed by atoms with Crippen LogP contribution in [0.2, 0.25) is 0 Å². The van der Waals surface area contributed by atoms with Crippen molar-refractivity contribution >= 4 is 11.6 Å². The number of fused-ring (bicyclic) bond motifs is 2. The van der Waals surface area contributed by atoms with Crippen molar-refractivity contribution in [3.05, 3.63) is 53.1 Å². The number of quaternary nitrogens is 1. The number of aryl methyl sites for hydroxylation is 1. The first kappa shape index (κ1) is 14.7. The Balaban J connectivity index is 1.91. The number of imidazole rings is 1. The lowest BCUT2D eigenvalue weighted by atomic mass is 9.90. The molecule has 0 N–H and O–H groups in total. The van der Waals surface area contributed by atoms with Gasteiger partial charge in [-0.3, -0.25) is 9.59 Å². The third-order valence-electron chi connectivity index (χ3n) is 3.91. The molecular weight excluding hydrogens is 278 g/mol. The van der Waals surface area contributed by atoms with E-state index in [2.05, 4.69) is 26.1 Å². The molecule has 0 radical (unpaired) electrons. The number of hydrogen-bond donors (Lipinski definition) is 0. The standard InChI is InChI=1S/C17H20N3O2/c1-20(2,3)10-6-9-19-11-18-14-15(19)17(22)13-8-5-4-7-12(13)16(14)21/h4-5,7-8,11H,6,9-10H2,1-3H3/q+1. The second kappa shape index (κ2) is 5.18. The Hall–Kier alpha value is -2.27. The van der Waals surface area contributed by atoms with Crippen LogP contribution in [0.25, 0.3) is 0 Å². The van der Waals surface area contributed by atoms with Crippen LogP contribution in [0.5, 0.6) is 0 Å². The van der Waals surface area contributed by atoms with Crippen LogP contribution in [0.3, 0.4) is 0 Å². The molecule has 1 heterocycles. The lowest BCUT2D eigenvalue weighted by molar-refractivity contribution is -0.870. The number of hydrogen-bond acceptors (Lipinski definition) is 3. The van der Waals surface area contributed by atoms with Gasteiger partial charge < -0.3 is 9.05 Å². The predicted octanol–water partition coefficient (Wildman–Crippen LogP) is 1.75. The van der Waals surface area contributed by atoms with Crippen molar-refractivity contribution in [2.24, 2.45) is 0 Å². The fourth-order valence-electron chi connectivity index (χ4n) is 2.81. The zero-order valence-corrected chi connectivity index (χ0v) is 13.2. The van der Waals surface area contributed by atoms with Crippen molar-refractivity contribution in [1.82, 2.24) is 9.55 Å². The summed E-state index contributed by atoms with van der Waals surface area (Å²) in [6, 6.07) is 6.95. The van der Waals surface area contributed by atoms with Gasteiger partial charge in [0.25, 0.3) is 0 Å². The van der Waals surface area contributed by atoms with E-state index >= 15 is 0 Å². The molecule has 114 valence electrons. The van der Waals surface area contributed by atoms with Crippen molar-refractivity contribution in [2.45, 2.75) is 13.0 Å². The van der Waals surface area contributed by atoms with Gasteiger partial charge in [0.05, 0.1) is 34.0 Å². The van der Waals surface area contributed by atoms with Gasteiger partial charge in [0.1, 0.15) is 11.4 Å². The smallest absolute Gasteiger partial charge is 0.214 e. The van der Waals surface area contributed by atoms with E-state index in [9.17, 15) is 9.59 Å². The Kier molecular flexibility index (Phi) is 3.45. The van der Waals surface area contributed by atoms with Gasteiger partial charge in [-0.2, -0.15) is 0 Å². The summed E-state index contributed by atoms with van der Waals surface area (Å²) >= 11 is 0. The van der Waals surface area contributed by atoms with E-state index in [1.165, 1.54) is 0 Å². The molecule has 0 saturated heterocycles. The van der Waals surface area contributed by atoms with Crippen molar-refractivity contribution in [3.63, 3.8) is 0 Å². The molecule has 0 fully saturated rings. The first-order chi connectivity index (χ1) is 10.4. The maximum atomic E-state index is 12.7. The van der Waals surface area contributed by atoms with Crippen LogP contribution < -0.4 is 0 Å². The number of ketones is 2. The minimum atomic E-state index is -0.157. The van der Waals surface area contributed by atoms with Gasteiger partial charge in [0.15, 0.2) is 0 Å². The van der Waals surface area contributed by atoms with Gasteiger partial charge in [-0.15, -0.1) is 0 Å². The summed E-state index contributed by atoms with van der Waals surface area (Å²) < 4.78 is 2.69. The average Bonchev–Trinajstić information content (AvgIpc) is 2.88. The monoisotopic (exact) mass is 298 g/mol. The Morgan fingerprint density at radius 1 is 1.05 bits per heavy atom. The van der Waals surface area contributed by atoms with Crippen molar-refractivity contribution in [3.8, 4) is 0 Å². The highest BCUT2D eigenvalue weighted by atomic mass is 16.1. The molecule has 1 aromatic heterocycles. The van der Waals surface area contributed by atoms with Crippen LogP contribution in [0.1, 0.15) is 38.5 Å². The largest absolute Gasteiger partial charge is 0.331 e. The number of benzene rings is 1. The molecule has 1 aliphatic carbocycles. The second-order valence-corrected chi connectivity index (χ2v) is 6.71. The van der Waals surface area contributed by atoms with E-state index in [1.54, 1.807) is 30.6 Å². The van der Waals surface area contributed by atoms with E-state index in [-0.39, 0.29) is 17.3 Å². The zero-order chi connectivity index (χ0) is 15.9. The highest BCUT2D eigenvalue weighted by Gasteiger charge is 2.33. The van der Waals surface area contributed by atoms with Crippen molar-refractivity contribution in [1.29, 1.82) is 0 Å². The van der Waals surface area contributed by atoms with Crippen LogP contribution >= 0.6 is 0 Å². The lowest BCUT2D eigenvalue weighted by Crippen LogP contribution is -2.35. The minimum Gasteiger partial charge on any atom is -0.331 e. The summed E-state index contributed by atoms with van der Waals surface area (Å²) in [4.78, 5) is 29.3. The molecule has 22 heavy (non-hydrogen) atoms. The Labute approximate surface area is 129 Å². The molecule has 0 amide bonds. The summed E-state index contributed by atoms with van der Waals surface area (Å²) in [5.74, 6) is -0.261. The van der Waals surface area contributed by atoms with E-state index in [0.29, 0.717) is 23.4 Å². The van der Waals surface area contributed by atoms with Crippen molar-refractivity contribution in [2.75, 3.05) is 27.7 Å². The number of carbonyl (C=O) groups is 2. The molecule has 0 spiro atoms. The first-order valence-electron chi connectivity index (χ1n) is 7.42. The summed E-state index contributed by atoms with van der Waals surface area (Å²) in [5, 5.41) is 0. The number of carbonyl (C=O) groups excluding carboxylic acids is 2. The molecule has 1 aliphatic rings. The lowest BCUT2D eigenvalue weighted by Gasteiger charge is -2.24. The van der Waals surface area contributed by atoms with Crippen LogP contribution in [0, 0.1) is 0 Å². The Morgan fingerprint density at radius 2 is 1.68 bits per heavy atom. The SMILES string of the molecule is C[N+](C)(C)CCCn1cnc2c1C(=O)c1ccccc1C2=O.